The maximum Gasteiger partial charge on any atom is 0.223 e. The lowest BCUT2D eigenvalue weighted by Crippen LogP contribution is -2.34. The molecule has 2 atom stereocenters. The Morgan fingerprint density at radius 3 is 2.96 bits per heavy atom. The van der Waals surface area contributed by atoms with Gasteiger partial charge in [-0.2, -0.15) is 5.10 Å². The molecule has 0 fully saturated rings. The van der Waals surface area contributed by atoms with Crippen LogP contribution in [-0.4, -0.2) is 15.7 Å². The first-order valence-electron chi connectivity index (χ1n) is 9.00. The zero-order chi connectivity index (χ0) is 16.9. The number of aromatic nitrogens is 2. The van der Waals surface area contributed by atoms with E-state index < -0.39 is 0 Å². The number of rotatable bonds is 6. The number of carbonyl (C=O) groups is 1. The Kier molecular flexibility index (Phi) is 5.34. The first kappa shape index (κ1) is 16.7. The lowest BCUT2D eigenvalue weighted by Gasteiger charge is -2.25. The van der Waals surface area contributed by atoms with E-state index in [-0.39, 0.29) is 17.9 Å². The second-order valence-corrected chi connectivity index (χ2v) is 6.90. The van der Waals surface area contributed by atoms with Gasteiger partial charge < -0.3 is 5.32 Å². The summed E-state index contributed by atoms with van der Waals surface area (Å²) in [7, 11) is 1.98. The smallest absolute Gasteiger partial charge is 0.223 e. The summed E-state index contributed by atoms with van der Waals surface area (Å²) in [4.78, 5) is 12.5. The predicted molar refractivity (Wildman–Crippen MR) is 95.6 cm³/mol. The molecule has 4 heteroatoms. The number of hydrogen-bond donors (Lipinski definition) is 1. The lowest BCUT2D eigenvalue weighted by atomic mass is 9.92. The third kappa shape index (κ3) is 3.86. The van der Waals surface area contributed by atoms with Gasteiger partial charge in [0.05, 0.1) is 12.2 Å². The van der Waals surface area contributed by atoms with Crippen molar-refractivity contribution in [2.24, 2.45) is 13.0 Å². The fraction of sp³-hybridized carbons (Fsp3) is 0.500. The lowest BCUT2D eigenvalue weighted by molar-refractivity contribution is -0.125. The summed E-state index contributed by atoms with van der Waals surface area (Å²) in [5.41, 5.74) is 3.81. The molecule has 1 aliphatic rings. The summed E-state index contributed by atoms with van der Waals surface area (Å²) in [6.45, 7) is 2.04. The van der Waals surface area contributed by atoms with E-state index in [0.717, 1.165) is 38.5 Å². The molecule has 1 N–H and O–H groups in total. The summed E-state index contributed by atoms with van der Waals surface area (Å²) in [6, 6.07) is 10.6. The van der Waals surface area contributed by atoms with Gasteiger partial charge >= 0.3 is 0 Å². The molecular formula is C20H27N3O. The van der Waals surface area contributed by atoms with E-state index in [0.29, 0.717) is 0 Å². The molecule has 0 radical (unpaired) electrons. The molecule has 0 aliphatic heterocycles. The Hall–Kier alpha value is -2.10. The van der Waals surface area contributed by atoms with Crippen molar-refractivity contribution < 1.29 is 4.79 Å². The van der Waals surface area contributed by atoms with Crippen molar-refractivity contribution in [3.05, 3.63) is 53.3 Å². The molecule has 1 aliphatic carbocycles. The number of amides is 1. The summed E-state index contributed by atoms with van der Waals surface area (Å²) in [6.07, 6.45) is 8.11. The predicted octanol–water partition coefficient (Wildman–Crippen LogP) is 3.57. The van der Waals surface area contributed by atoms with Crippen LogP contribution in [0.1, 0.15) is 55.5 Å². The van der Waals surface area contributed by atoms with Gasteiger partial charge in [0.1, 0.15) is 0 Å². The summed E-state index contributed by atoms with van der Waals surface area (Å²) >= 11 is 0. The van der Waals surface area contributed by atoms with Crippen LogP contribution in [-0.2, 0) is 24.7 Å². The fourth-order valence-corrected chi connectivity index (χ4v) is 3.56. The van der Waals surface area contributed by atoms with E-state index in [1.807, 2.05) is 30.9 Å². The molecule has 128 valence electrons. The molecule has 0 saturated carbocycles. The fourth-order valence-electron chi connectivity index (χ4n) is 3.56. The second kappa shape index (κ2) is 7.65. The van der Waals surface area contributed by atoms with Gasteiger partial charge in [-0.3, -0.25) is 9.48 Å². The van der Waals surface area contributed by atoms with Crippen LogP contribution in [0.5, 0.6) is 0 Å². The standard InChI is InChI=1S/C20H27N3O/c1-15(8-6-11-16-9-4-3-5-10-16)20(24)22-18-12-7-13-19-17(18)14-21-23(19)2/h3-5,9-10,14-15,18H,6-8,11-13H2,1-2H3,(H,22,24)/t15-,18-/m0/s1. The zero-order valence-corrected chi connectivity index (χ0v) is 14.7. The van der Waals surface area contributed by atoms with Crippen molar-refractivity contribution in [1.29, 1.82) is 0 Å². The van der Waals surface area contributed by atoms with E-state index in [4.69, 9.17) is 0 Å². The number of aryl methyl sites for hydroxylation is 2. The van der Waals surface area contributed by atoms with Crippen molar-refractivity contribution in [2.45, 2.75) is 51.5 Å². The third-order valence-corrected chi connectivity index (χ3v) is 5.09. The van der Waals surface area contributed by atoms with Crippen LogP contribution >= 0.6 is 0 Å². The van der Waals surface area contributed by atoms with Crippen molar-refractivity contribution in [1.82, 2.24) is 15.1 Å². The van der Waals surface area contributed by atoms with E-state index in [2.05, 4.69) is 34.7 Å². The normalized spacial score (nSPS) is 18.0. The third-order valence-electron chi connectivity index (χ3n) is 5.09. The van der Waals surface area contributed by atoms with Gasteiger partial charge in [-0.15, -0.1) is 0 Å². The molecule has 0 spiro atoms. The molecule has 1 aromatic carbocycles. The minimum atomic E-state index is 0.0516. The van der Waals surface area contributed by atoms with Crippen LogP contribution in [0.2, 0.25) is 0 Å². The van der Waals surface area contributed by atoms with Crippen LogP contribution in [0.3, 0.4) is 0 Å². The highest BCUT2D eigenvalue weighted by molar-refractivity contribution is 5.78. The topological polar surface area (TPSA) is 46.9 Å². The minimum absolute atomic E-state index is 0.0516. The van der Waals surface area contributed by atoms with Crippen LogP contribution < -0.4 is 5.32 Å². The van der Waals surface area contributed by atoms with E-state index in [1.54, 1.807) is 0 Å². The van der Waals surface area contributed by atoms with Crippen molar-refractivity contribution >= 4 is 5.91 Å². The Morgan fingerprint density at radius 2 is 2.17 bits per heavy atom. The Labute approximate surface area is 144 Å². The molecule has 0 saturated heterocycles. The summed E-state index contributed by atoms with van der Waals surface area (Å²) in [5.74, 6) is 0.223. The van der Waals surface area contributed by atoms with E-state index >= 15 is 0 Å². The van der Waals surface area contributed by atoms with Crippen LogP contribution in [0, 0.1) is 5.92 Å². The number of benzene rings is 1. The molecule has 2 aromatic rings. The van der Waals surface area contributed by atoms with E-state index in [1.165, 1.54) is 16.8 Å². The van der Waals surface area contributed by atoms with Gasteiger partial charge in [-0.05, 0) is 44.1 Å². The molecule has 0 unspecified atom stereocenters. The maximum absolute atomic E-state index is 12.5. The minimum Gasteiger partial charge on any atom is -0.349 e. The summed E-state index contributed by atoms with van der Waals surface area (Å²) in [5, 5.41) is 7.59. The summed E-state index contributed by atoms with van der Waals surface area (Å²) < 4.78 is 1.94. The molecular weight excluding hydrogens is 298 g/mol. The van der Waals surface area contributed by atoms with Gasteiger partial charge in [0.15, 0.2) is 0 Å². The second-order valence-electron chi connectivity index (χ2n) is 6.90. The number of nitrogens with one attached hydrogen (secondary N) is 1. The van der Waals surface area contributed by atoms with Crippen molar-refractivity contribution in [3.8, 4) is 0 Å². The first-order valence-corrected chi connectivity index (χ1v) is 9.00. The van der Waals surface area contributed by atoms with Gasteiger partial charge in [0.25, 0.3) is 0 Å². The Bertz CT molecular complexity index is 677. The number of carbonyl (C=O) groups excluding carboxylic acids is 1. The molecule has 0 bridgehead atoms. The van der Waals surface area contributed by atoms with Gasteiger partial charge in [0, 0.05) is 24.2 Å². The van der Waals surface area contributed by atoms with Crippen molar-refractivity contribution in [3.63, 3.8) is 0 Å². The highest BCUT2D eigenvalue weighted by atomic mass is 16.1. The molecule has 1 amide bonds. The highest BCUT2D eigenvalue weighted by Gasteiger charge is 2.26. The highest BCUT2D eigenvalue weighted by Crippen LogP contribution is 2.29. The average molecular weight is 325 g/mol. The molecule has 1 aromatic heterocycles. The zero-order valence-electron chi connectivity index (χ0n) is 14.7. The first-order chi connectivity index (χ1) is 11.6. The maximum atomic E-state index is 12.5. The van der Waals surface area contributed by atoms with Gasteiger partial charge in [0.2, 0.25) is 5.91 Å². The Morgan fingerprint density at radius 1 is 1.38 bits per heavy atom. The average Bonchev–Trinajstić information content (AvgIpc) is 2.98. The monoisotopic (exact) mass is 325 g/mol. The van der Waals surface area contributed by atoms with E-state index in [9.17, 15) is 4.79 Å². The van der Waals surface area contributed by atoms with Crippen LogP contribution in [0.15, 0.2) is 36.5 Å². The van der Waals surface area contributed by atoms with Gasteiger partial charge in [-0.1, -0.05) is 37.3 Å². The largest absolute Gasteiger partial charge is 0.349 e. The number of hydrogen-bond acceptors (Lipinski definition) is 2. The number of fused-ring (bicyclic) bond motifs is 1. The quantitative estimate of drug-likeness (QED) is 0.882. The molecule has 24 heavy (non-hydrogen) atoms. The number of nitrogens with zero attached hydrogens (tertiary/aromatic N) is 2. The SMILES string of the molecule is C[C@@H](CCCc1ccccc1)C(=O)N[C@H]1CCCc2c1cnn2C. The van der Waals surface area contributed by atoms with Crippen LogP contribution in [0.25, 0.3) is 0 Å². The van der Waals surface area contributed by atoms with Gasteiger partial charge in [-0.25, -0.2) is 0 Å². The molecule has 3 rings (SSSR count). The van der Waals surface area contributed by atoms with Crippen molar-refractivity contribution in [2.75, 3.05) is 0 Å². The molecule has 4 nitrogen and oxygen atoms in total. The Balaban J connectivity index is 1.50. The molecule has 1 heterocycles. The van der Waals surface area contributed by atoms with Crippen LogP contribution in [0.4, 0.5) is 0 Å².